The first kappa shape index (κ1) is 16.1. The Kier molecular flexibility index (Phi) is 6.26. The van der Waals surface area contributed by atoms with Gasteiger partial charge in [-0.2, -0.15) is 0 Å². The zero-order chi connectivity index (χ0) is 13.8. The van der Waals surface area contributed by atoms with Crippen molar-refractivity contribution in [3.63, 3.8) is 0 Å². The molecule has 1 aromatic rings. The van der Waals surface area contributed by atoms with Crippen LogP contribution in [0.2, 0.25) is 10.0 Å². The van der Waals surface area contributed by atoms with Gasteiger partial charge in [-0.1, -0.05) is 50.0 Å². The summed E-state index contributed by atoms with van der Waals surface area (Å²) in [5, 5.41) is 4.81. The van der Waals surface area contributed by atoms with E-state index >= 15 is 0 Å². The Morgan fingerprint density at radius 3 is 2.44 bits per heavy atom. The molecule has 0 aliphatic carbocycles. The summed E-state index contributed by atoms with van der Waals surface area (Å²) in [6, 6.07) is 5.54. The van der Waals surface area contributed by atoms with E-state index in [1.54, 1.807) is 6.07 Å². The lowest BCUT2D eigenvalue weighted by atomic mass is 9.90. The Morgan fingerprint density at radius 2 is 1.89 bits per heavy atom. The largest absolute Gasteiger partial charge is 0.311 e. The lowest BCUT2D eigenvalue weighted by molar-refractivity contribution is 0.364. The molecule has 0 fully saturated rings. The second-order valence-electron chi connectivity index (χ2n) is 5.73. The van der Waals surface area contributed by atoms with E-state index in [2.05, 4.69) is 26.1 Å². The Balaban J connectivity index is 2.37. The van der Waals surface area contributed by atoms with Gasteiger partial charge in [0.25, 0.3) is 0 Å². The van der Waals surface area contributed by atoms with E-state index in [4.69, 9.17) is 34.8 Å². The van der Waals surface area contributed by atoms with Crippen LogP contribution in [0.15, 0.2) is 18.2 Å². The molecule has 4 heteroatoms. The van der Waals surface area contributed by atoms with E-state index in [1.807, 2.05) is 12.1 Å². The number of hydrogen-bond donors (Lipinski definition) is 1. The van der Waals surface area contributed by atoms with Gasteiger partial charge in [0.15, 0.2) is 0 Å². The first-order chi connectivity index (χ1) is 8.28. The van der Waals surface area contributed by atoms with E-state index in [0.29, 0.717) is 16.6 Å². The van der Waals surface area contributed by atoms with Crippen molar-refractivity contribution in [1.29, 1.82) is 0 Å². The Bertz CT molecular complexity index is 385. The minimum Gasteiger partial charge on any atom is -0.311 e. The fourth-order valence-corrected chi connectivity index (χ4v) is 2.81. The number of alkyl halides is 1. The summed E-state index contributed by atoms with van der Waals surface area (Å²) in [7, 11) is 0. The Hall–Kier alpha value is 0.0500. The first-order valence-electron chi connectivity index (χ1n) is 6.06. The Labute approximate surface area is 125 Å². The van der Waals surface area contributed by atoms with Gasteiger partial charge in [0.1, 0.15) is 0 Å². The summed E-state index contributed by atoms with van der Waals surface area (Å²) in [5.41, 5.74) is 1.30. The fourth-order valence-electron chi connectivity index (χ4n) is 1.77. The summed E-state index contributed by atoms with van der Waals surface area (Å²) in [4.78, 5) is 0. The maximum absolute atomic E-state index is 6.28. The van der Waals surface area contributed by atoms with E-state index in [1.165, 1.54) is 0 Å². The highest BCUT2D eigenvalue weighted by Gasteiger charge is 2.16. The summed E-state index contributed by atoms with van der Waals surface area (Å²) >= 11 is 18.2. The molecule has 0 heterocycles. The van der Waals surface area contributed by atoms with Crippen LogP contribution in [0, 0.1) is 5.41 Å². The standard InChI is InChI=1S/C14H20Cl3N/c1-14(2,3)7-12(16)9-18-8-10-4-5-11(15)6-13(10)17/h4-6,12,18H,7-9H2,1-3H3. The molecule has 18 heavy (non-hydrogen) atoms. The zero-order valence-corrected chi connectivity index (χ0v) is 13.3. The highest BCUT2D eigenvalue weighted by molar-refractivity contribution is 6.35. The molecule has 0 bridgehead atoms. The van der Waals surface area contributed by atoms with Crippen molar-refractivity contribution in [2.75, 3.05) is 6.54 Å². The number of nitrogens with one attached hydrogen (secondary N) is 1. The molecule has 0 aliphatic heterocycles. The van der Waals surface area contributed by atoms with Crippen molar-refractivity contribution in [3.05, 3.63) is 33.8 Å². The number of halogens is 3. The number of benzene rings is 1. The highest BCUT2D eigenvalue weighted by Crippen LogP contribution is 2.24. The van der Waals surface area contributed by atoms with Crippen LogP contribution in [0.25, 0.3) is 0 Å². The van der Waals surface area contributed by atoms with Gasteiger partial charge in [0.05, 0.1) is 0 Å². The van der Waals surface area contributed by atoms with Gasteiger partial charge in [0, 0.05) is 28.5 Å². The first-order valence-corrected chi connectivity index (χ1v) is 7.26. The molecule has 1 nitrogen and oxygen atoms in total. The lowest BCUT2D eigenvalue weighted by Crippen LogP contribution is -2.26. The predicted molar refractivity (Wildman–Crippen MR) is 81.9 cm³/mol. The molecule has 0 spiro atoms. The van der Waals surface area contributed by atoms with E-state index in [0.717, 1.165) is 18.5 Å². The maximum Gasteiger partial charge on any atom is 0.0465 e. The molecular weight excluding hydrogens is 289 g/mol. The molecule has 0 saturated carbocycles. The van der Waals surface area contributed by atoms with Crippen molar-refractivity contribution in [2.45, 2.75) is 39.1 Å². The van der Waals surface area contributed by atoms with E-state index in [-0.39, 0.29) is 10.8 Å². The maximum atomic E-state index is 6.28. The second-order valence-corrected chi connectivity index (χ2v) is 7.19. The molecule has 0 aliphatic rings. The van der Waals surface area contributed by atoms with Crippen molar-refractivity contribution in [3.8, 4) is 0 Å². The summed E-state index contributed by atoms with van der Waals surface area (Å²) in [6.07, 6.45) is 0.982. The van der Waals surface area contributed by atoms with E-state index < -0.39 is 0 Å². The van der Waals surface area contributed by atoms with Gasteiger partial charge in [-0.05, 0) is 29.5 Å². The fraction of sp³-hybridized carbons (Fsp3) is 0.571. The van der Waals surface area contributed by atoms with Crippen molar-refractivity contribution < 1.29 is 0 Å². The smallest absolute Gasteiger partial charge is 0.0465 e. The van der Waals surface area contributed by atoms with Crippen LogP contribution >= 0.6 is 34.8 Å². The average molecular weight is 309 g/mol. The van der Waals surface area contributed by atoms with Crippen LogP contribution < -0.4 is 5.32 Å². The van der Waals surface area contributed by atoms with Crippen LogP contribution in [0.3, 0.4) is 0 Å². The SMILES string of the molecule is CC(C)(C)CC(Cl)CNCc1ccc(Cl)cc1Cl. The molecule has 1 aromatic carbocycles. The van der Waals surface area contributed by atoms with Gasteiger partial charge >= 0.3 is 0 Å². The molecule has 0 amide bonds. The van der Waals surface area contributed by atoms with Crippen molar-refractivity contribution >= 4 is 34.8 Å². The van der Waals surface area contributed by atoms with Crippen LogP contribution in [0.5, 0.6) is 0 Å². The summed E-state index contributed by atoms with van der Waals surface area (Å²) < 4.78 is 0. The third kappa shape index (κ3) is 6.29. The molecule has 0 saturated heterocycles. The summed E-state index contributed by atoms with van der Waals surface area (Å²) in [5.74, 6) is 0. The van der Waals surface area contributed by atoms with Crippen LogP contribution in [-0.2, 0) is 6.54 Å². The van der Waals surface area contributed by atoms with Gasteiger partial charge in [-0.15, -0.1) is 11.6 Å². The van der Waals surface area contributed by atoms with Gasteiger partial charge in [0.2, 0.25) is 0 Å². The normalized spacial score (nSPS) is 13.7. The van der Waals surface area contributed by atoms with Crippen molar-refractivity contribution in [2.24, 2.45) is 5.41 Å². The quantitative estimate of drug-likeness (QED) is 0.744. The topological polar surface area (TPSA) is 12.0 Å². The number of hydrogen-bond acceptors (Lipinski definition) is 1. The minimum atomic E-state index is 0.135. The van der Waals surface area contributed by atoms with Crippen LogP contribution in [0.1, 0.15) is 32.8 Å². The average Bonchev–Trinajstić information content (AvgIpc) is 2.18. The predicted octanol–water partition coefficient (Wildman–Crippen LogP) is 5.13. The van der Waals surface area contributed by atoms with Gasteiger partial charge in [-0.3, -0.25) is 0 Å². The molecule has 0 aromatic heterocycles. The molecule has 1 unspecified atom stereocenters. The van der Waals surface area contributed by atoms with Crippen LogP contribution in [-0.4, -0.2) is 11.9 Å². The summed E-state index contributed by atoms with van der Waals surface area (Å²) in [6.45, 7) is 8.07. The minimum absolute atomic E-state index is 0.135. The third-order valence-corrected chi connectivity index (χ3v) is 3.43. The van der Waals surface area contributed by atoms with Crippen molar-refractivity contribution in [1.82, 2.24) is 5.32 Å². The third-order valence-electron chi connectivity index (χ3n) is 2.53. The van der Waals surface area contributed by atoms with Crippen LogP contribution in [0.4, 0.5) is 0 Å². The zero-order valence-electron chi connectivity index (χ0n) is 11.1. The molecular formula is C14H20Cl3N. The molecule has 102 valence electrons. The second kappa shape index (κ2) is 7.00. The number of rotatable bonds is 5. The van der Waals surface area contributed by atoms with Gasteiger partial charge < -0.3 is 5.32 Å². The molecule has 1 N–H and O–H groups in total. The van der Waals surface area contributed by atoms with Gasteiger partial charge in [-0.25, -0.2) is 0 Å². The monoisotopic (exact) mass is 307 g/mol. The Morgan fingerprint density at radius 1 is 1.22 bits per heavy atom. The van der Waals surface area contributed by atoms with E-state index in [9.17, 15) is 0 Å². The molecule has 0 radical (unpaired) electrons. The molecule has 1 atom stereocenters. The lowest BCUT2D eigenvalue weighted by Gasteiger charge is -2.22. The molecule has 1 rings (SSSR count). The highest BCUT2D eigenvalue weighted by atomic mass is 35.5.